The van der Waals surface area contributed by atoms with Gasteiger partial charge in [0.2, 0.25) is 0 Å². The Morgan fingerprint density at radius 2 is 2.08 bits per heavy atom. The second kappa shape index (κ2) is 7.02. The van der Waals surface area contributed by atoms with Crippen molar-refractivity contribution in [2.24, 2.45) is 0 Å². The number of ether oxygens (including phenoxy) is 2. The average Bonchev–Trinajstić information content (AvgIpc) is 2.03. The van der Waals surface area contributed by atoms with E-state index in [1.165, 1.54) is 6.92 Å². The smallest absolute Gasteiger partial charge is 0.334 e. The monoisotopic (exact) mass is 178 g/mol. The molecule has 72 valence electrons. The van der Waals surface area contributed by atoms with E-state index in [1.54, 1.807) is 0 Å². The summed E-state index contributed by atoms with van der Waals surface area (Å²) in [6.45, 7) is 1.84. The van der Waals surface area contributed by atoms with Gasteiger partial charge in [-0.15, -0.1) is 0 Å². The SMILES string of the molecule is C[C@H](O)C(=O)OCCOCCO. The summed E-state index contributed by atoms with van der Waals surface area (Å²) in [5.74, 6) is -0.664. The summed E-state index contributed by atoms with van der Waals surface area (Å²) in [5.41, 5.74) is 0. The number of carbonyl (C=O) groups is 1. The van der Waals surface area contributed by atoms with E-state index in [9.17, 15) is 4.79 Å². The van der Waals surface area contributed by atoms with Crippen molar-refractivity contribution in [3.63, 3.8) is 0 Å². The van der Waals surface area contributed by atoms with E-state index in [-0.39, 0.29) is 26.4 Å². The highest BCUT2D eigenvalue weighted by Crippen LogP contribution is 1.86. The molecule has 12 heavy (non-hydrogen) atoms. The molecule has 5 heteroatoms. The second-order valence-corrected chi connectivity index (χ2v) is 2.18. The number of carbonyl (C=O) groups excluding carboxylic acids is 1. The second-order valence-electron chi connectivity index (χ2n) is 2.18. The van der Waals surface area contributed by atoms with Gasteiger partial charge in [-0.05, 0) is 6.92 Å². The molecular formula is C7H14O5. The van der Waals surface area contributed by atoms with E-state index in [0.29, 0.717) is 0 Å². The third-order valence-corrected chi connectivity index (χ3v) is 1.05. The van der Waals surface area contributed by atoms with Gasteiger partial charge in [-0.3, -0.25) is 0 Å². The van der Waals surface area contributed by atoms with E-state index in [2.05, 4.69) is 4.74 Å². The van der Waals surface area contributed by atoms with Crippen molar-refractivity contribution < 1.29 is 24.5 Å². The predicted molar refractivity (Wildman–Crippen MR) is 40.5 cm³/mol. The van der Waals surface area contributed by atoms with Crippen LogP contribution in [0.2, 0.25) is 0 Å². The molecule has 0 radical (unpaired) electrons. The zero-order chi connectivity index (χ0) is 9.40. The lowest BCUT2D eigenvalue weighted by Gasteiger charge is -2.06. The Labute approximate surface area is 70.9 Å². The van der Waals surface area contributed by atoms with Crippen molar-refractivity contribution in [2.45, 2.75) is 13.0 Å². The highest BCUT2D eigenvalue weighted by molar-refractivity contribution is 5.73. The Morgan fingerprint density at radius 3 is 2.58 bits per heavy atom. The quantitative estimate of drug-likeness (QED) is 0.399. The highest BCUT2D eigenvalue weighted by Gasteiger charge is 2.08. The van der Waals surface area contributed by atoms with Crippen molar-refractivity contribution in [3.8, 4) is 0 Å². The molecule has 0 amide bonds. The standard InChI is InChI=1S/C7H14O5/c1-6(9)7(10)12-5-4-11-3-2-8/h6,8-9H,2-5H2,1H3/t6-/m0/s1. The fourth-order valence-electron chi connectivity index (χ4n) is 0.488. The van der Waals surface area contributed by atoms with Gasteiger partial charge in [-0.2, -0.15) is 0 Å². The lowest BCUT2D eigenvalue weighted by atomic mass is 10.4. The summed E-state index contributed by atoms with van der Waals surface area (Å²) in [6.07, 6.45) is -1.09. The number of esters is 1. The Kier molecular flexibility index (Phi) is 6.64. The molecule has 0 rings (SSSR count). The molecule has 0 aromatic rings. The molecule has 0 bridgehead atoms. The largest absolute Gasteiger partial charge is 0.461 e. The number of hydrogen-bond donors (Lipinski definition) is 2. The Hall–Kier alpha value is -0.650. The zero-order valence-electron chi connectivity index (χ0n) is 7.02. The topological polar surface area (TPSA) is 76.0 Å². The third kappa shape index (κ3) is 6.09. The van der Waals surface area contributed by atoms with Gasteiger partial charge >= 0.3 is 5.97 Å². The molecule has 2 N–H and O–H groups in total. The lowest BCUT2D eigenvalue weighted by molar-refractivity contribution is -0.154. The van der Waals surface area contributed by atoms with Crippen LogP contribution in [-0.4, -0.2) is 48.7 Å². The van der Waals surface area contributed by atoms with E-state index in [4.69, 9.17) is 14.9 Å². The molecule has 0 saturated carbocycles. The molecule has 0 saturated heterocycles. The lowest BCUT2D eigenvalue weighted by Crippen LogP contribution is -2.21. The summed E-state index contributed by atoms with van der Waals surface area (Å²) in [7, 11) is 0. The molecule has 0 aliphatic heterocycles. The summed E-state index contributed by atoms with van der Waals surface area (Å²) < 4.78 is 9.36. The maximum Gasteiger partial charge on any atom is 0.334 e. The zero-order valence-corrected chi connectivity index (χ0v) is 7.02. The molecule has 0 spiro atoms. The van der Waals surface area contributed by atoms with Gasteiger partial charge in [-0.25, -0.2) is 4.79 Å². The van der Waals surface area contributed by atoms with Crippen LogP contribution in [0.1, 0.15) is 6.92 Å². The number of hydrogen-bond acceptors (Lipinski definition) is 5. The summed E-state index contributed by atoms with van der Waals surface area (Å²) >= 11 is 0. The van der Waals surface area contributed by atoms with Crippen molar-refractivity contribution in [3.05, 3.63) is 0 Å². The van der Waals surface area contributed by atoms with Crippen LogP contribution in [-0.2, 0) is 14.3 Å². The molecule has 0 heterocycles. The van der Waals surface area contributed by atoms with Gasteiger partial charge in [0.05, 0.1) is 19.8 Å². The van der Waals surface area contributed by atoms with Crippen LogP contribution in [0.15, 0.2) is 0 Å². The van der Waals surface area contributed by atoms with Crippen LogP contribution in [0.4, 0.5) is 0 Å². The van der Waals surface area contributed by atoms with Crippen LogP contribution in [0, 0.1) is 0 Å². The van der Waals surface area contributed by atoms with E-state index < -0.39 is 12.1 Å². The third-order valence-electron chi connectivity index (χ3n) is 1.05. The first-order valence-corrected chi connectivity index (χ1v) is 3.71. The van der Waals surface area contributed by atoms with Crippen molar-refractivity contribution in [1.82, 2.24) is 0 Å². The minimum absolute atomic E-state index is 0.0512. The first-order valence-electron chi connectivity index (χ1n) is 3.71. The normalized spacial score (nSPS) is 12.6. The summed E-state index contributed by atoms with van der Waals surface area (Å²) in [6, 6.07) is 0. The summed E-state index contributed by atoms with van der Waals surface area (Å²) in [5, 5.41) is 17.0. The maximum atomic E-state index is 10.6. The number of aliphatic hydroxyl groups is 2. The van der Waals surface area contributed by atoms with Crippen LogP contribution in [0.5, 0.6) is 0 Å². The van der Waals surface area contributed by atoms with Gasteiger partial charge in [0.1, 0.15) is 12.7 Å². The molecule has 0 aliphatic carbocycles. The Balaban J connectivity index is 3.14. The Morgan fingerprint density at radius 1 is 1.42 bits per heavy atom. The van der Waals surface area contributed by atoms with Crippen LogP contribution < -0.4 is 0 Å². The minimum Gasteiger partial charge on any atom is -0.461 e. The molecule has 1 atom stereocenters. The molecular weight excluding hydrogens is 164 g/mol. The van der Waals surface area contributed by atoms with Crippen molar-refractivity contribution >= 4 is 5.97 Å². The van der Waals surface area contributed by atoms with E-state index in [0.717, 1.165) is 0 Å². The highest BCUT2D eigenvalue weighted by atomic mass is 16.6. The van der Waals surface area contributed by atoms with Crippen molar-refractivity contribution in [2.75, 3.05) is 26.4 Å². The van der Waals surface area contributed by atoms with Gasteiger partial charge in [-0.1, -0.05) is 0 Å². The van der Waals surface area contributed by atoms with E-state index >= 15 is 0 Å². The first-order chi connectivity index (χ1) is 5.68. The van der Waals surface area contributed by atoms with Crippen LogP contribution in [0.3, 0.4) is 0 Å². The van der Waals surface area contributed by atoms with Crippen LogP contribution >= 0.6 is 0 Å². The Bertz CT molecular complexity index is 123. The average molecular weight is 178 g/mol. The molecule has 0 aliphatic rings. The fourth-order valence-corrected chi connectivity index (χ4v) is 0.488. The number of rotatable bonds is 6. The predicted octanol–water partition coefficient (Wildman–Crippen LogP) is -1.08. The molecule has 5 nitrogen and oxygen atoms in total. The first kappa shape index (κ1) is 11.4. The molecule has 0 unspecified atom stereocenters. The van der Waals surface area contributed by atoms with Crippen molar-refractivity contribution in [1.29, 1.82) is 0 Å². The van der Waals surface area contributed by atoms with Gasteiger partial charge in [0.15, 0.2) is 0 Å². The molecule has 0 aromatic carbocycles. The van der Waals surface area contributed by atoms with Gasteiger partial charge in [0.25, 0.3) is 0 Å². The molecule has 0 aromatic heterocycles. The maximum absolute atomic E-state index is 10.6. The van der Waals surface area contributed by atoms with Gasteiger partial charge < -0.3 is 19.7 Å². The van der Waals surface area contributed by atoms with Gasteiger partial charge in [0, 0.05) is 0 Å². The molecule has 0 fully saturated rings. The van der Waals surface area contributed by atoms with Crippen LogP contribution in [0.25, 0.3) is 0 Å². The summed E-state index contributed by atoms with van der Waals surface area (Å²) in [4.78, 5) is 10.6. The number of aliphatic hydroxyl groups excluding tert-OH is 2. The van der Waals surface area contributed by atoms with E-state index in [1.807, 2.05) is 0 Å². The minimum atomic E-state index is -1.09. The fraction of sp³-hybridized carbons (Fsp3) is 0.857.